The highest BCUT2D eigenvalue weighted by atomic mass is 16.6. The molecule has 0 saturated carbocycles. The molecule has 0 radical (unpaired) electrons. The molecule has 0 heterocycles. The number of aliphatic carboxylic acids is 1. The van der Waals surface area contributed by atoms with E-state index in [0.717, 1.165) is 5.56 Å². The molecular formula is C13H17NO5. The molecule has 104 valence electrons. The minimum atomic E-state index is -0.831. The number of aryl methyl sites for hydroxylation is 2. The van der Waals surface area contributed by atoms with Crippen molar-refractivity contribution in [1.82, 2.24) is 0 Å². The summed E-state index contributed by atoms with van der Waals surface area (Å²) in [5.41, 5.74) is 1.47. The first-order chi connectivity index (χ1) is 8.91. The number of hydrogen-bond acceptors (Lipinski definition) is 4. The van der Waals surface area contributed by atoms with Crippen LogP contribution in [0.4, 0.5) is 5.69 Å². The van der Waals surface area contributed by atoms with Crippen LogP contribution in [0.1, 0.15) is 30.4 Å². The Labute approximate surface area is 111 Å². The van der Waals surface area contributed by atoms with Gasteiger partial charge in [0.05, 0.1) is 17.6 Å². The first-order valence-corrected chi connectivity index (χ1v) is 6.02. The molecule has 0 amide bonds. The topological polar surface area (TPSA) is 89.7 Å². The number of nitrogens with zero attached hydrogens (tertiary/aromatic N) is 1. The number of unbranched alkanes of at least 4 members (excludes halogenated alkanes) is 1. The van der Waals surface area contributed by atoms with Crippen LogP contribution in [0, 0.1) is 24.0 Å². The normalized spacial score (nSPS) is 10.2. The summed E-state index contributed by atoms with van der Waals surface area (Å²) in [7, 11) is 0. The maximum Gasteiger partial charge on any atom is 0.303 e. The van der Waals surface area contributed by atoms with Crippen LogP contribution < -0.4 is 4.74 Å². The van der Waals surface area contributed by atoms with Gasteiger partial charge in [-0.15, -0.1) is 0 Å². The first kappa shape index (κ1) is 14.9. The molecule has 1 rings (SSSR count). The number of nitro benzene ring substituents is 1. The fraction of sp³-hybridized carbons (Fsp3) is 0.462. The van der Waals surface area contributed by atoms with Crippen molar-refractivity contribution in [2.24, 2.45) is 0 Å². The molecule has 1 N–H and O–H groups in total. The SMILES string of the molecule is Cc1cc(C)c([N+](=O)[O-])cc1OCCCCC(=O)O. The van der Waals surface area contributed by atoms with Crippen LogP contribution in [0.5, 0.6) is 5.75 Å². The van der Waals surface area contributed by atoms with Crippen molar-refractivity contribution < 1.29 is 19.6 Å². The van der Waals surface area contributed by atoms with E-state index >= 15 is 0 Å². The first-order valence-electron chi connectivity index (χ1n) is 6.02. The van der Waals surface area contributed by atoms with E-state index in [1.54, 1.807) is 13.0 Å². The van der Waals surface area contributed by atoms with Crippen molar-refractivity contribution in [1.29, 1.82) is 0 Å². The largest absolute Gasteiger partial charge is 0.493 e. The predicted octanol–water partition coefficient (Wildman–Crippen LogP) is 2.85. The van der Waals surface area contributed by atoms with E-state index in [-0.39, 0.29) is 12.1 Å². The molecule has 1 aromatic carbocycles. The number of carbonyl (C=O) groups is 1. The standard InChI is InChI=1S/C13H17NO5/c1-9-7-10(2)12(8-11(9)14(17)18)19-6-4-3-5-13(15)16/h7-8H,3-6H2,1-2H3,(H,15,16). The Hall–Kier alpha value is -2.11. The third-order valence-electron chi connectivity index (χ3n) is 2.73. The number of hydrogen-bond donors (Lipinski definition) is 1. The summed E-state index contributed by atoms with van der Waals surface area (Å²) in [6.45, 7) is 3.86. The van der Waals surface area contributed by atoms with Crippen LogP contribution in [0.15, 0.2) is 12.1 Å². The monoisotopic (exact) mass is 267 g/mol. The van der Waals surface area contributed by atoms with Crippen LogP contribution in [0.3, 0.4) is 0 Å². The fourth-order valence-electron chi connectivity index (χ4n) is 1.73. The minimum absolute atomic E-state index is 0.0335. The van der Waals surface area contributed by atoms with Gasteiger partial charge in [0.1, 0.15) is 5.75 Å². The van der Waals surface area contributed by atoms with Crippen molar-refractivity contribution in [3.8, 4) is 5.75 Å². The molecular weight excluding hydrogens is 250 g/mol. The van der Waals surface area contributed by atoms with Gasteiger partial charge in [0.25, 0.3) is 5.69 Å². The molecule has 0 atom stereocenters. The van der Waals surface area contributed by atoms with Crippen molar-refractivity contribution in [3.05, 3.63) is 33.4 Å². The van der Waals surface area contributed by atoms with Gasteiger partial charge in [-0.05, 0) is 38.3 Å². The summed E-state index contributed by atoms with van der Waals surface area (Å²) in [6, 6.07) is 3.13. The Balaban J connectivity index is 2.60. The highest BCUT2D eigenvalue weighted by Crippen LogP contribution is 2.28. The summed E-state index contributed by atoms with van der Waals surface area (Å²) in [4.78, 5) is 20.7. The molecule has 6 nitrogen and oxygen atoms in total. The van der Waals surface area contributed by atoms with Gasteiger partial charge >= 0.3 is 5.97 Å². The second-order valence-corrected chi connectivity index (χ2v) is 4.36. The van der Waals surface area contributed by atoms with E-state index in [4.69, 9.17) is 9.84 Å². The van der Waals surface area contributed by atoms with Gasteiger partial charge in [0.15, 0.2) is 0 Å². The molecule has 0 bridgehead atoms. The highest BCUT2D eigenvalue weighted by molar-refractivity contribution is 5.66. The predicted molar refractivity (Wildman–Crippen MR) is 69.6 cm³/mol. The Morgan fingerprint density at radius 2 is 2.00 bits per heavy atom. The van der Waals surface area contributed by atoms with E-state index in [9.17, 15) is 14.9 Å². The number of rotatable bonds is 7. The lowest BCUT2D eigenvalue weighted by Gasteiger charge is -2.09. The van der Waals surface area contributed by atoms with Gasteiger partial charge in [0, 0.05) is 12.0 Å². The van der Waals surface area contributed by atoms with E-state index in [0.29, 0.717) is 30.8 Å². The number of carboxylic acid groups (broad SMARTS) is 1. The van der Waals surface area contributed by atoms with Gasteiger partial charge in [-0.3, -0.25) is 14.9 Å². The zero-order valence-corrected chi connectivity index (χ0v) is 11.0. The third kappa shape index (κ3) is 4.57. The fourth-order valence-corrected chi connectivity index (χ4v) is 1.73. The maximum absolute atomic E-state index is 10.8. The summed E-state index contributed by atoms with van der Waals surface area (Å²) >= 11 is 0. The van der Waals surface area contributed by atoms with Gasteiger partial charge in [0.2, 0.25) is 0 Å². The number of benzene rings is 1. The Kier molecular flexibility index (Phi) is 5.29. The molecule has 0 saturated heterocycles. The van der Waals surface area contributed by atoms with Crippen LogP contribution in [-0.4, -0.2) is 22.6 Å². The number of ether oxygens (including phenoxy) is 1. The Morgan fingerprint density at radius 3 is 2.58 bits per heavy atom. The van der Waals surface area contributed by atoms with Crippen molar-refractivity contribution >= 4 is 11.7 Å². The number of carboxylic acids is 1. The van der Waals surface area contributed by atoms with Crippen LogP contribution in [0.25, 0.3) is 0 Å². The van der Waals surface area contributed by atoms with Crippen molar-refractivity contribution in [2.45, 2.75) is 33.1 Å². The molecule has 0 fully saturated rings. The molecule has 1 aromatic rings. The smallest absolute Gasteiger partial charge is 0.303 e. The van der Waals surface area contributed by atoms with Gasteiger partial charge in [-0.1, -0.05) is 0 Å². The second kappa shape index (κ2) is 6.72. The van der Waals surface area contributed by atoms with Gasteiger partial charge < -0.3 is 9.84 Å². The lowest BCUT2D eigenvalue weighted by Crippen LogP contribution is -2.02. The quantitative estimate of drug-likeness (QED) is 0.466. The molecule has 6 heteroatoms. The zero-order chi connectivity index (χ0) is 14.4. The molecule has 0 aliphatic carbocycles. The second-order valence-electron chi connectivity index (χ2n) is 4.36. The lowest BCUT2D eigenvalue weighted by molar-refractivity contribution is -0.385. The van der Waals surface area contributed by atoms with E-state index in [2.05, 4.69) is 0 Å². The average molecular weight is 267 g/mol. The summed E-state index contributed by atoms with van der Waals surface area (Å²) in [5, 5.41) is 19.3. The van der Waals surface area contributed by atoms with E-state index < -0.39 is 10.9 Å². The summed E-state index contributed by atoms with van der Waals surface area (Å²) in [5.74, 6) is -0.352. The molecule has 0 unspecified atom stereocenters. The third-order valence-corrected chi connectivity index (χ3v) is 2.73. The van der Waals surface area contributed by atoms with Gasteiger partial charge in [-0.2, -0.15) is 0 Å². The average Bonchev–Trinajstić information content (AvgIpc) is 2.30. The van der Waals surface area contributed by atoms with Crippen LogP contribution in [0.2, 0.25) is 0 Å². The van der Waals surface area contributed by atoms with Crippen LogP contribution >= 0.6 is 0 Å². The van der Waals surface area contributed by atoms with Crippen molar-refractivity contribution in [2.75, 3.05) is 6.61 Å². The zero-order valence-electron chi connectivity index (χ0n) is 11.0. The highest BCUT2D eigenvalue weighted by Gasteiger charge is 2.14. The maximum atomic E-state index is 10.8. The Morgan fingerprint density at radius 1 is 1.32 bits per heavy atom. The summed E-state index contributed by atoms with van der Waals surface area (Å²) in [6.07, 6.45) is 1.24. The molecule has 0 aromatic heterocycles. The molecule has 19 heavy (non-hydrogen) atoms. The van der Waals surface area contributed by atoms with Gasteiger partial charge in [-0.25, -0.2) is 0 Å². The lowest BCUT2D eigenvalue weighted by atomic mass is 10.1. The molecule has 0 aliphatic heterocycles. The molecule has 0 aliphatic rings. The summed E-state index contributed by atoms with van der Waals surface area (Å²) < 4.78 is 5.47. The molecule has 0 spiro atoms. The van der Waals surface area contributed by atoms with E-state index in [1.807, 2.05) is 6.92 Å². The minimum Gasteiger partial charge on any atom is -0.493 e. The number of nitro groups is 1. The van der Waals surface area contributed by atoms with Crippen LogP contribution in [-0.2, 0) is 4.79 Å². The van der Waals surface area contributed by atoms with E-state index in [1.165, 1.54) is 6.07 Å². The Bertz CT molecular complexity index is 484. The van der Waals surface area contributed by atoms with Crippen molar-refractivity contribution in [3.63, 3.8) is 0 Å².